The molecule has 1 fully saturated rings. The van der Waals surface area contributed by atoms with Crippen molar-refractivity contribution in [1.82, 2.24) is 5.32 Å². The molecule has 2 aromatic carbocycles. The minimum Gasteiger partial charge on any atom is -0.478 e. The maximum atomic E-state index is 12.5. The lowest BCUT2D eigenvalue weighted by Gasteiger charge is -2.12. The van der Waals surface area contributed by atoms with Gasteiger partial charge in [-0.1, -0.05) is 36.4 Å². The van der Waals surface area contributed by atoms with Gasteiger partial charge in [-0.3, -0.25) is 4.79 Å². The Bertz CT molecular complexity index is 845. The first-order valence-corrected chi connectivity index (χ1v) is 8.78. The number of hydrogen-bond acceptors (Lipinski definition) is 2. The lowest BCUT2D eigenvalue weighted by atomic mass is 9.95. The van der Waals surface area contributed by atoms with E-state index in [1.807, 2.05) is 6.07 Å². The molecule has 25 heavy (non-hydrogen) atoms. The summed E-state index contributed by atoms with van der Waals surface area (Å²) < 4.78 is 0. The zero-order valence-corrected chi connectivity index (χ0v) is 14.0. The van der Waals surface area contributed by atoms with E-state index in [1.54, 1.807) is 18.2 Å². The number of carboxylic acids is 1. The van der Waals surface area contributed by atoms with Gasteiger partial charge in [0.05, 0.1) is 5.56 Å². The summed E-state index contributed by atoms with van der Waals surface area (Å²) in [7, 11) is 0. The Balaban J connectivity index is 1.34. The Labute approximate surface area is 146 Å². The highest BCUT2D eigenvalue weighted by Gasteiger charge is 2.61. The van der Waals surface area contributed by atoms with Crippen LogP contribution in [0.1, 0.15) is 39.9 Å². The van der Waals surface area contributed by atoms with Crippen LogP contribution in [0.15, 0.2) is 48.5 Å². The quantitative estimate of drug-likeness (QED) is 0.883. The van der Waals surface area contributed by atoms with Gasteiger partial charge in [-0.05, 0) is 54.5 Å². The van der Waals surface area contributed by atoms with E-state index >= 15 is 0 Å². The standard InChI is InChI=1S/C21H21NO3/c23-19(22-11-9-14-4-3-6-16(12-14)20(24)25)18-13-21(18)10-8-15-5-1-2-7-17(15)21/h1-7,12,18H,8-11,13H2,(H,22,23)(H,24,25). The van der Waals surface area contributed by atoms with Crippen molar-refractivity contribution in [2.75, 3.05) is 6.54 Å². The van der Waals surface area contributed by atoms with Gasteiger partial charge in [-0.2, -0.15) is 0 Å². The third kappa shape index (κ3) is 2.82. The second kappa shape index (κ2) is 6.03. The van der Waals surface area contributed by atoms with E-state index in [-0.39, 0.29) is 22.8 Å². The number of aromatic carboxylic acids is 1. The first-order valence-electron chi connectivity index (χ1n) is 8.78. The van der Waals surface area contributed by atoms with Crippen molar-refractivity contribution < 1.29 is 14.7 Å². The van der Waals surface area contributed by atoms with Crippen molar-refractivity contribution in [3.05, 3.63) is 70.8 Å². The van der Waals surface area contributed by atoms with E-state index in [4.69, 9.17) is 5.11 Å². The number of rotatable bonds is 5. The topological polar surface area (TPSA) is 66.4 Å². The number of nitrogens with one attached hydrogen (secondary N) is 1. The Kier molecular flexibility index (Phi) is 3.83. The molecule has 0 aliphatic heterocycles. The molecule has 4 heteroatoms. The van der Waals surface area contributed by atoms with Crippen LogP contribution >= 0.6 is 0 Å². The number of carboxylic acid groups (broad SMARTS) is 1. The minimum atomic E-state index is -0.925. The molecule has 2 aliphatic rings. The van der Waals surface area contributed by atoms with Crippen LogP contribution in [0.3, 0.4) is 0 Å². The predicted octanol–water partition coefficient (Wildman–Crippen LogP) is 2.95. The highest BCUT2D eigenvalue weighted by molar-refractivity contribution is 5.87. The van der Waals surface area contributed by atoms with Gasteiger partial charge in [-0.15, -0.1) is 0 Å². The average Bonchev–Trinajstić information content (AvgIpc) is 3.24. The fourth-order valence-electron chi connectivity index (χ4n) is 4.25. The van der Waals surface area contributed by atoms with Gasteiger partial charge in [0.15, 0.2) is 0 Å². The van der Waals surface area contributed by atoms with Crippen LogP contribution in [0.25, 0.3) is 0 Å². The lowest BCUT2D eigenvalue weighted by molar-refractivity contribution is -0.122. The SMILES string of the molecule is O=C(O)c1cccc(CCNC(=O)C2CC23CCc2ccccc23)c1. The molecule has 4 rings (SSSR count). The summed E-state index contributed by atoms with van der Waals surface area (Å²) in [4.78, 5) is 23.5. The van der Waals surface area contributed by atoms with Crippen LogP contribution in [-0.2, 0) is 23.1 Å². The van der Waals surface area contributed by atoms with Gasteiger partial charge >= 0.3 is 5.97 Å². The fraction of sp³-hybridized carbons (Fsp3) is 0.333. The van der Waals surface area contributed by atoms with Crippen molar-refractivity contribution in [2.24, 2.45) is 5.92 Å². The second-order valence-corrected chi connectivity index (χ2v) is 7.12. The van der Waals surface area contributed by atoms with Crippen LogP contribution in [0.5, 0.6) is 0 Å². The lowest BCUT2D eigenvalue weighted by Crippen LogP contribution is -2.29. The van der Waals surface area contributed by atoms with Crippen LogP contribution in [-0.4, -0.2) is 23.5 Å². The zero-order chi connectivity index (χ0) is 17.4. The van der Waals surface area contributed by atoms with E-state index in [1.165, 1.54) is 11.1 Å². The van der Waals surface area contributed by atoms with Gasteiger partial charge < -0.3 is 10.4 Å². The van der Waals surface area contributed by atoms with Crippen LogP contribution < -0.4 is 5.32 Å². The molecule has 2 unspecified atom stereocenters. The Morgan fingerprint density at radius 3 is 2.84 bits per heavy atom. The molecule has 0 bridgehead atoms. The van der Waals surface area contributed by atoms with E-state index < -0.39 is 5.97 Å². The molecule has 2 atom stereocenters. The first kappa shape index (κ1) is 15.9. The van der Waals surface area contributed by atoms with E-state index in [2.05, 4.69) is 29.6 Å². The van der Waals surface area contributed by atoms with Gasteiger partial charge in [-0.25, -0.2) is 4.79 Å². The average molecular weight is 335 g/mol. The van der Waals surface area contributed by atoms with Gasteiger partial charge in [0.2, 0.25) is 5.91 Å². The van der Waals surface area contributed by atoms with Crippen molar-refractivity contribution in [2.45, 2.75) is 31.1 Å². The zero-order valence-electron chi connectivity index (χ0n) is 14.0. The fourth-order valence-corrected chi connectivity index (χ4v) is 4.25. The Morgan fingerprint density at radius 1 is 1.16 bits per heavy atom. The van der Waals surface area contributed by atoms with E-state index in [9.17, 15) is 9.59 Å². The van der Waals surface area contributed by atoms with Gasteiger partial charge in [0.25, 0.3) is 0 Å². The molecule has 0 radical (unpaired) electrons. The number of fused-ring (bicyclic) bond motifs is 2. The highest BCUT2D eigenvalue weighted by Crippen LogP contribution is 2.61. The first-order chi connectivity index (χ1) is 12.1. The third-order valence-corrected chi connectivity index (χ3v) is 5.67. The highest BCUT2D eigenvalue weighted by atomic mass is 16.4. The maximum absolute atomic E-state index is 12.5. The molecular formula is C21H21NO3. The summed E-state index contributed by atoms with van der Waals surface area (Å²) in [5.74, 6) is -0.710. The van der Waals surface area contributed by atoms with E-state index in [0.717, 1.165) is 24.8 Å². The number of hydrogen-bond donors (Lipinski definition) is 2. The van der Waals surface area contributed by atoms with Gasteiger partial charge in [0.1, 0.15) is 0 Å². The normalized spacial score (nSPS) is 23.3. The number of carbonyl (C=O) groups excluding carboxylic acids is 1. The predicted molar refractivity (Wildman–Crippen MR) is 94.7 cm³/mol. The summed E-state index contributed by atoms with van der Waals surface area (Å²) >= 11 is 0. The number of carbonyl (C=O) groups is 2. The van der Waals surface area contributed by atoms with Crippen molar-refractivity contribution in [1.29, 1.82) is 0 Å². The molecule has 2 aliphatic carbocycles. The smallest absolute Gasteiger partial charge is 0.335 e. The van der Waals surface area contributed by atoms with Crippen molar-refractivity contribution in [3.8, 4) is 0 Å². The molecule has 1 amide bonds. The molecular weight excluding hydrogens is 314 g/mol. The second-order valence-electron chi connectivity index (χ2n) is 7.12. The maximum Gasteiger partial charge on any atom is 0.335 e. The molecule has 2 aromatic rings. The minimum absolute atomic E-state index is 0.0733. The summed E-state index contributed by atoms with van der Waals surface area (Å²) in [6.45, 7) is 0.538. The summed E-state index contributed by atoms with van der Waals surface area (Å²) in [5.41, 5.74) is 4.04. The van der Waals surface area contributed by atoms with Crippen LogP contribution in [0.4, 0.5) is 0 Å². The van der Waals surface area contributed by atoms with Crippen LogP contribution in [0, 0.1) is 5.92 Å². The molecule has 1 saturated carbocycles. The Morgan fingerprint density at radius 2 is 2.00 bits per heavy atom. The van der Waals surface area contributed by atoms with Crippen molar-refractivity contribution >= 4 is 11.9 Å². The van der Waals surface area contributed by atoms with E-state index in [0.29, 0.717) is 13.0 Å². The summed E-state index contributed by atoms with van der Waals surface area (Å²) in [5, 5.41) is 12.1. The molecule has 0 aromatic heterocycles. The molecule has 1 spiro atoms. The Hall–Kier alpha value is -2.62. The number of benzene rings is 2. The summed E-state index contributed by atoms with van der Waals surface area (Å²) in [6, 6.07) is 15.4. The molecule has 0 saturated heterocycles. The van der Waals surface area contributed by atoms with Crippen LogP contribution in [0.2, 0.25) is 0 Å². The third-order valence-electron chi connectivity index (χ3n) is 5.67. The van der Waals surface area contributed by atoms with Gasteiger partial charge in [0, 0.05) is 17.9 Å². The molecule has 2 N–H and O–H groups in total. The largest absolute Gasteiger partial charge is 0.478 e. The number of amides is 1. The molecule has 4 nitrogen and oxygen atoms in total. The number of aryl methyl sites for hydroxylation is 1. The summed E-state index contributed by atoms with van der Waals surface area (Å²) in [6.07, 6.45) is 3.74. The molecule has 0 heterocycles. The monoisotopic (exact) mass is 335 g/mol. The molecule has 128 valence electrons. The van der Waals surface area contributed by atoms with Crippen molar-refractivity contribution in [3.63, 3.8) is 0 Å².